The van der Waals surface area contributed by atoms with E-state index in [-0.39, 0.29) is 38.8 Å². The van der Waals surface area contributed by atoms with Crippen LogP contribution in [0.3, 0.4) is 0 Å². The lowest BCUT2D eigenvalue weighted by Gasteiger charge is -2.44. The molecule has 0 radical (unpaired) electrons. The summed E-state index contributed by atoms with van der Waals surface area (Å²) in [5.41, 5.74) is -1.63. The molecule has 2 fully saturated rings. The van der Waals surface area contributed by atoms with E-state index in [2.05, 4.69) is 15.5 Å². The van der Waals surface area contributed by atoms with E-state index in [0.717, 1.165) is 5.76 Å². The van der Waals surface area contributed by atoms with Crippen LogP contribution in [0.1, 0.15) is 34.8 Å². The predicted octanol–water partition coefficient (Wildman–Crippen LogP) is 2.86. The molecule has 1 atom stereocenters. The van der Waals surface area contributed by atoms with Crippen LogP contribution in [0, 0.1) is 12.3 Å². The largest absolute Gasteiger partial charge is 0.505 e. The summed E-state index contributed by atoms with van der Waals surface area (Å²) in [6.45, 7) is 7.18. The molecule has 196 valence electrons. The van der Waals surface area contributed by atoms with E-state index in [0.29, 0.717) is 45.2 Å². The number of rotatable bonds is 7. The van der Waals surface area contributed by atoms with Crippen molar-refractivity contribution in [2.45, 2.75) is 19.9 Å². The Labute approximate surface area is 218 Å². The number of amides is 1. The number of likely N-dealkylation sites (N-methyl/N-ethyl adjacent to an activating group) is 1. The van der Waals surface area contributed by atoms with Crippen molar-refractivity contribution in [1.82, 2.24) is 9.80 Å². The lowest BCUT2D eigenvalue weighted by atomic mass is 9.79. The van der Waals surface area contributed by atoms with Crippen LogP contribution in [-0.4, -0.2) is 67.3 Å². The molecule has 0 spiro atoms. The molecule has 2 saturated heterocycles. The summed E-state index contributed by atoms with van der Waals surface area (Å²) in [7, 11) is 1.98. The van der Waals surface area contributed by atoms with Gasteiger partial charge >= 0.3 is 0 Å². The summed E-state index contributed by atoms with van der Waals surface area (Å²) >= 11 is 6.31. The summed E-state index contributed by atoms with van der Waals surface area (Å²) in [5, 5.41) is 17.1. The third-order valence-corrected chi connectivity index (χ3v) is 7.51. The molecule has 0 bridgehead atoms. The van der Waals surface area contributed by atoms with E-state index in [1.807, 2.05) is 33.0 Å². The Morgan fingerprint density at radius 1 is 1.08 bits per heavy atom. The Morgan fingerprint density at radius 3 is 2.35 bits per heavy atom. The molecule has 37 heavy (non-hydrogen) atoms. The number of furan rings is 1. The first kappa shape index (κ1) is 25.3. The average Bonchev–Trinajstić information content (AvgIpc) is 3.29. The minimum absolute atomic E-state index is 0.00209. The molecule has 3 N–H and O–H groups in total. The standard InChI is InChI=1S/C26H29ClN4O6/c1-14-4-7-17(37-14)24(26(2)12-36-13-26)29-20-19(22(33)23(20)34)28-16-6-5-15(27)18(21(16)32)25(35)31-10-8-30(3)9-11-31/h4-7,24,28-29,32H,8-13H2,1-3H3/t24-/m0/s1. The van der Waals surface area contributed by atoms with E-state index in [9.17, 15) is 19.5 Å². The topological polar surface area (TPSA) is 124 Å². The van der Waals surface area contributed by atoms with Crippen LogP contribution >= 0.6 is 11.6 Å². The number of nitrogens with one attached hydrogen (secondary N) is 2. The van der Waals surface area contributed by atoms with Crippen molar-refractivity contribution in [2.75, 3.05) is 57.1 Å². The normalized spacial score (nSPS) is 18.4. The Balaban J connectivity index is 1.43. The van der Waals surface area contributed by atoms with E-state index < -0.39 is 22.8 Å². The van der Waals surface area contributed by atoms with Crippen molar-refractivity contribution in [3.8, 4) is 5.75 Å². The Morgan fingerprint density at radius 2 is 1.76 bits per heavy atom. The quantitative estimate of drug-likeness (QED) is 0.313. The van der Waals surface area contributed by atoms with Gasteiger partial charge < -0.3 is 34.7 Å². The Bertz CT molecular complexity index is 1410. The first-order chi connectivity index (χ1) is 17.6. The second-order valence-corrected chi connectivity index (χ2v) is 10.5. The zero-order valence-electron chi connectivity index (χ0n) is 20.9. The van der Waals surface area contributed by atoms with Crippen LogP contribution in [0.4, 0.5) is 17.1 Å². The van der Waals surface area contributed by atoms with E-state index in [4.69, 9.17) is 20.8 Å². The first-order valence-electron chi connectivity index (χ1n) is 12.1. The van der Waals surface area contributed by atoms with Crippen molar-refractivity contribution in [3.05, 3.63) is 66.8 Å². The van der Waals surface area contributed by atoms with Gasteiger partial charge in [0.15, 0.2) is 5.75 Å². The van der Waals surface area contributed by atoms with Crippen molar-refractivity contribution in [1.29, 1.82) is 0 Å². The molecule has 3 aromatic rings. The third kappa shape index (κ3) is 4.49. The van der Waals surface area contributed by atoms with Gasteiger partial charge in [-0.3, -0.25) is 14.4 Å². The maximum atomic E-state index is 13.2. The number of carbonyl (C=O) groups is 1. The van der Waals surface area contributed by atoms with Crippen LogP contribution in [0.5, 0.6) is 5.75 Å². The number of anilines is 3. The number of piperazine rings is 1. The summed E-state index contributed by atoms with van der Waals surface area (Å²) in [6.07, 6.45) is 0. The fourth-order valence-electron chi connectivity index (χ4n) is 4.75. The number of hydrogen-bond acceptors (Lipinski definition) is 9. The van der Waals surface area contributed by atoms with Gasteiger partial charge in [0, 0.05) is 31.6 Å². The van der Waals surface area contributed by atoms with Gasteiger partial charge in [-0.2, -0.15) is 0 Å². The smallest absolute Gasteiger partial charge is 0.259 e. The number of phenolic OH excluding ortho intramolecular Hbond substituents is 1. The van der Waals surface area contributed by atoms with Crippen molar-refractivity contribution < 1.29 is 19.1 Å². The summed E-state index contributed by atoms with van der Waals surface area (Å²) in [4.78, 5) is 42.1. The summed E-state index contributed by atoms with van der Waals surface area (Å²) < 4.78 is 11.3. The zero-order valence-corrected chi connectivity index (χ0v) is 21.6. The van der Waals surface area contributed by atoms with Gasteiger partial charge in [0.1, 0.15) is 28.5 Å². The molecule has 2 aromatic carbocycles. The van der Waals surface area contributed by atoms with Crippen LogP contribution < -0.4 is 21.5 Å². The molecule has 0 unspecified atom stereocenters. The van der Waals surface area contributed by atoms with Crippen LogP contribution in [0.25, 0.3) is 0 Å². The van der Waals surface area contributed by atoms with Gasteiger partial charge in [-0.15, -0.1) is 0 Å². The third-order valence-electron chi connectivity index (χ3n) is 7.20. The molecule has 1 aromatic heterocycles. The lowest BCUT2D eigenvalue weighted by molar-refractivity contribution is -0.115. The van der Waals surface area contributed by atoms with Gasteiger partial charge in [-0.05, 0) is 38.2 Å². The van der Waals surface area contributed by atoms with E-state index >= 15 is 0 Å². The molecule has 10 nitrogen and oxygen atoms in total. The van der Waals surface area contributed by atoms with Crippen molar-refractivity contribution in [2.24, 2.45) is 5.41 Å². The van der Waals surface area contributed by atoms with Crippen LogP contribution in [0.2, 0.25) is 5.02 Å². The van der Waals surface area contributed by atoms with Gasteiger partial charge in [0.25, 0.3) is 16.8 Å². The highest BCUT2D eigenvalue weighted by molar-refractivity contribution is 6.34. The highest BCUT2D eigenvalue weighted by Gasteiger charge is 2.45. The second kappa shape index (κ2) is 9.51. The molecule has 2 aliphatic heterocycles. The zero-order chi connectivity index (χ0) is 26.5. The Kier molecular flexibility index (Phi) is 6.51. The molecule has 5 rings (SSSR count). The number of carbonyl (C=O) groups excluding carboxylic acids is 1. The maximum absolute atomic E-state index is 13.2. The number of nitrogens with zero attached hydrogens (tertiary/aromatic N) is 2. The number of aryl methyl sites for hydroxylation is 1. The highest BCUT2D eigenvalue weighted by atomic mass is 35.5. The lowest BCUT2D eigenvalue weighted by Crippen LogP contribution is -2.49. The summed E-state index contributed by atoms with van der Waals surface area (Å²) in [6, 6.07) is 6.18. The number of benzene rings is 1. The highest BCUT2D eigenvalue weighted by Crippen LogP contribution is 2.44. The molecule has 2 aliphatic rings. The van der Waals surface area contributed by atoms with Gasteiger partial charge in [-0.1, -0.05) is 18.5 Å². The molecule has 0 aliphatic carbocycles. The molecule has 0 saturated carbocycles. The van der Waals surface area contributed by atoms with Gasteiger partial charge in [0.05, 0.1) is 30.0 Å². The number of ether oxygens (including phenoxy) is 1. The molecule has 3 heterocycles. The average molecular weight is 529 g/mol. The first-order valence-corrected chi connectivity index (χ1v) is 12.5. The number of aromatic hydroxyl groups is 1. The SMILES string of the molecule is Cc1ccc([C@H](Nc2c(Nc3ccc(Cl)c(C(=O)N4CCN(C)CC4)c3O)c(=O)c2=O)C2(C)COC2)o1. The fourth-order valence-corrected chi connectivity index (χ4v) is 4.99. The molecular weight excluding hydrogens is 500 g/mol. The maximum Gasteiger partial charge on any atom is 0.259 e. The van der Waals surface area contributed by atoms with Crippen LogP contribution in [0.15, 0.2) is 38.3 Å². The van der Waals surface area contributed by atoms with Crippen molar-refractivity contribution >= 4 is 34.6 Å². The second-order valence-electron chi connectivity index (χ2n) is 10.1. The number of halogens is 1. The molecular formula is C26H29ClN4O6. The predicted molar refractivity (Wildman–Crippen MR) is 140 cm³/mol. The fraction of sp³-hybridized carbons (Fsp3) is 0.423. The monoisotopic (exact) mass is 528 g/mol. The van der Waals surface area contributed by atoms with Gasteiger partial charge in [-0.25, -0.2) is 0 Å². The van der Waals surface area contributed by atoms with Gasteiger partial charge in [0.2, 0.25) is 0 Å². The minimum atomic E-state index is -0.729. The van der Waals surface area contributed by atoms with Crippen molar-refractivity contribution in [3.63, 3.8) is 0 Å². The number of hydrogen-bond donors (Lipinski definition) is 3. The van der Waals surface area contributed by atoms with Crippen LogP contribution in [-0.2, 0) is 4.74 Å². The number of phenols is 1. The Hall–Kier alpha value is -3.34. The summed E-state index contributed by atoms with van der Waals surface area (Å²) in [5.74, 6) is 0.566. The molecule has 11 heteroatoms. The molecule has 1 amide bonds. The minimum Gasteiger partial charge on any atom is -0.505 e. The van der Waals surface area contributed by atoms with E-state index in [1.54, 1.807) is 4.90 Å². The van der Waals surface area contributed by atoms with E-state index in [1.165, 1.54) is 12.1 Å².